The molecule has 1 N–H and O–H groups in total. The summed E-state index contributed by atoms with van der Waals surface area (Å²) < 4.78 is 5.93. The third-order valence-corrected chi connectivity index (χ3v) is 5.74. The van der Waals surface area contributed by atoms with Gasteiger partial charge in [-0.05, 0) is 69.5 Å². The molecule has 2 aliphatic rings. The monoisotopic (exact) mass is 394 g/mol. The van der Waals surface area contributed by atoms with E-state index in [9.17, 15) is 0 Å². The number of anilines is 1. The van der Waals surface area contributed by atoms with Gasteiger partial charge in [-0.15, -0.1) is 0 Å². The molecule has 5 rings (SSSR count). The number of nitrogens with one attached hydrogen (secondary N) is 1. The van der Waals surface area contributed by atoms with Gasteiger partial charge in [-0.1, -0.05) is 11.6 Å². The molecule has 28 heavy (non-hydrogen) atoms. The highest BCUT2D eigenvalue weighted by Crippen LogP contribution is 2.34. The van der Waals surface area contributed by atoms with E-state index in [0.29, 0.717) is 11.1 Å². The number of nitrogens with zero attached hydrogens (tertiary/aromatic N) is 3. The molecule has 6 heteroatoms. The zero-order valence-electron chi connectivity index (χ0n) is 15.9. The Balaban J connectivity index is 1.43. The molecule has 1 aliphatic heterocycles. The summed E-state index contributed by atoms with van der Waals surface area (Å²) in [6, 6.07) is 9.94. The molecule has 5 nitrogen and oxygen atoms in total. The third-order valence-electron chi connectivity index (χ3n) is 5.50. The molecule has 3 heterocycles. The maximum Gasteiger partial charge on any atom is 0.186 e. The predicted molar refractivity (Wildman–Crippen MR) is 112 cm³/mol. The number of aromatic nitrogens is 3. The summed E-state index contributed by atoms with van der Waals surface area (Å²) in [4.78, 5) is 15.3. The van der Waals surface area contributed by atoms with Crippen LogP contribution in [-0.4, -0.2) is 27.6 Å². The molecule has 0 bridgehead atoms. The Kier molecular flexibility index (Phi) is 4.27. The Bertz CT molecular complexity index is 1060. The third kappa shape index (κ3) is 3.24. The number of rotatable bonds is 5. The molecular formula is C22H23ClN4O. The molecule has 144 valence electrons. The summed E-state index contributed by atoms with van der Waals surface area (Å²) in [6.45, 7) is 7.20. The molecular weight excluding hydrogens is 372 g/mol. The first kappa shape index (κ1) is 17.6. The first-order valence-corrected chi connectivity index (χ1v) is 10.2. The number of aromatic amines is 1. The van der Waals surface area contributed by atoms with Crippen molar-refractivity contribution in [3.05, 3.63) is 65.0 Å². The van der Waals surface area contributed by atoms with Crippen molar-refractivity contribution in [1.29, 1.82) is 0 Å². The Morgan fingerprint density at radius 1 is 1.29 bits per heavy atom. The number of fused-ring (bicyclic) bond motifs is 2. The average molecular weight is 395 g/mol. The molecule has 0 saturated heterocycles. The standard InChI is InChI=1S/C22H23ClN4O/c1-13(22-25-18-8-5-15(23)12-20(18)26-22)17-9-10-21-19(24-17)4-3-11-27(21)14(2)28-16-6-7-16/h5,8-10,12-13,16H,2-4,6-7,11H2,1H3,(H,25,26). The molecule has 1 fully saturated rings. The minimum atomic E-state index is 0.0674. The summed E-state index contributed by atoms with van der Waals surface area (Å²) in [5, 5.41) is 0.705. The molecule has 1 unspecified atom stereocenters. The van der Waals surface area contributed by atoms with Crippen molar-refractivity contribution >= 4 is 28.3 Å². The van der Waals surface area contributed by atoms with Gasteiger partial charge in [-0.2, -0.15) is 0 Å². The summed E-state index contributed by atoms with van der Waals surface area (Å²) in [6.07, 6.45) is 4.65. The van der Waals surface area contributed by atoms with Crippen LogP contribution < -0.4 is 4.90 Å². The van der Waals surface area contributed by atoms with E-state index >= 15 is 0 Å². The summed E-state index contributed by atoms with van der Waals surface area (Å²) in [5.41, 5.74) is 5.11. The second kappa shape index (κ2) is 6.82. The van der Waals surface area contributed by atoms with Gasteiger partial charge in [0.1, 0.15) is 11.9 Å². The van der Waals surface area contributed by atoms with Crippen molar-refractivity contribution in [2.24, 2.45) is 0 Å². The molecule has 0 spiro atoms. The van der Waals surface area contributed by atoms with Gasteiger partial charge < -0.3 is 14.6 Å². The van der Waals surface area contributed by atoms with Crippen LogP contribution in [0.1, 0.15) is 49.3 Å². The lowest BCUT2D eigenvalue weighted by molar-refractivity contribution is 0.189. The van der Waals surface area contributed by atoms with Crippen molar-refractivity contribution in [1.82, 2.24) is 15.0 Å². The van der Waals surface area contributed by atoms with Gasteiger partial charge in [0, 0.05) is 11.6 Å². The fraction of sp³-hybridized carbons (Fsp3) is 0.364. The maximum atomic E-state index is 6.10. The topological polar surface area (TPSA) is 54.0 Å². The number of H-pyrrole nitrogens is 1. The number of hydrogen-bond donors (Lipinski definition) is 1. The minimum Gasteiger partial charge on any atom is -0.476 e. The number of ether oxygens (including phenoxy) is 1. The van der Waals surface area contributed by atoms with E-state index in [1.54, 1.807) is 0 Å². The Morgan fingerprint density at radius 2 is 2.14 bits per heavy atom. The quantitative estimate of drug-likeness (QED) is 0.607. The largest absolute Gasteiger partial charge is 0.476 e. The van der Waals surface area contributed by atoms with Crippen molar-refractivity contribution in [3.63, 3.8) is 0 Å². The molecule has 1 saturated carbocycles. The van der Waals surface area contributed by atoms with E-state index in [1.807, 2.05) is 18.2 Å². The second-order valence-electron chi connectivity index (χ2n) is 7.67. The van der Waals surface area contributed by atoms with Crippen molar-refractivity contribution < 1.29 is 4.74 Å². The fourth-order valence-electron chi connectivity index (χ4n) is 3.75. The van der Waals surface area contributed by atoms with E-state index in [-0.39, 0.29) is 5.92 Å². The summed E-state index contributed by atoms with van der Waals surface area (Å²) in [5.74, 6) is 1.72. The predicted octanol–water partition coefficient (Wildman–Crippen LogP) is 5.17. The van der Waals surface area contributed by atoms with E-state index in [1.165, 1.54) is 0 Å². The van der Waals surface area contributed by atoms with Gasteiger partial charge >= 0.3 is 0 Å². The number of pyridine rings is 1. The van der Waals surface area contributed by atoms with Crippen LogP contribution in [0, 0.1) is 0 Å². The second-order valence-corrected chi connectivity index (χ2v) is 8.11. The van der Waals surface area contributed by atoms with Gasteiger partial charge in [0.25, 0.3) is 0 Å². The van der Waals surface area contributed by atoms with Crippen LogP contribution in [-0.2, 0) is 11.2 Å². The summed E-state index contributed by atoms with van der Waals surface area (Å²) in [7, 11) is 0. The van der Waals surface area contributed by atoms with Gasteiger partial charge in [0.15, 0.2) is 5.88 Å². The highest BCUT2D eigenvalue weighted by molar-refractivity contribution is 6.31. The van der Waals surface area contributed by atoms with Crippen molar-refractivity contribution in [2.75, 3.05) is 11.4 Å². The molecule has 0 amide bonds. The summed E-state index contributed by atoms with van der Waals surface area (Å²) >= 11 is 6.10. The van der Waals surface area contributed by atoms with Gasteiger partial charge in [0.2, 0.25) is 0 Å². The normalized spacial score (nSPS) is 17.4. The molecule has 1 aliphatic carbocycles. The lowest BCUT2D eigenvalue weighted by atomic mass is 10.0. The maximum absolute atomic E-state index is 6.10. The van der Waals surface area contributed by atoms with Gasteiger partial charge in [-0.25, -0.2) is 4.98 Å². The number of halogens is 1. The van der Waals surface area contributed by atoms with Crippen LogP contribution in [0.3, 0.4) is 0 Å². The van der Waals surface area contributed by atoms with E-state index in [0.717, 1.165) is 72.0 Å². The van der Waals surface area contributed by atoms with Crippen molar-refractivity contribution in [3.8, 4) is 0 Å². The first-order chi connectivity index (χ1) is 13.6. The fourth-order valence-corrected chi connectivity index (χ4v) is 3.93. The van der Waals surface area contributed by atoms with Crippen LogP contribution in [0.2, 0.25) is 5.02 Å². The number of aryl methyl sites for hydroxylation is 1. The Labute approximate surface area is 169 Å². The minimum absolute atomic E-state index is 0.0674. The molecule has 1 atom stereocenters. The first-order valence-electron chi connectivity index (χ1n) is 9.86. The number of benzene rings is 1. The van der Waals surface area contributed by atoms with Crippen LogP contribution >= 0.6 is 11.6 Å². The molecule has 2 aromatic heterocycles. The van der Waals surface area contributed by atoms with E-state index < -0.39 is 0 Å². The molecule has 0 radical (unpaired) electrons. The van der Waals surface area contributed by atoms with E-state index in [2.05, 4.69) is 35.5 Å². The lowest BCUT2D eigenvalue weighted by Crippen LogP contribution is -2.30. The highest BCUT2D eigenvalue weighted by Gasteiger charge is 2.28. The molecule has 3 aromatic rings. The SMILES string of the molecule is C=C(OC1CC1)N1CCCc2nc(C(C)c3nc4ccc(Cl)cc4[nH]3)ccc21. The number of hydrogen-bond acceptors (Lipinski definition) is 4. The Morgan fingerprint density at radius 3 is 2.96 bits per heavy atom. The Hall–Kier alpha value is -2.53. The van der Waals surface area contributed by atoms with Gasteiger partial charge in [0.05, 0.1) is 34.0 Å². The van der Waals surface area contributed by atoms with Crippen LogP contribution in [0.15, 0.2) is 42.8 Å². The zero-order chi connectivity index (χ0) is 19.3. The average Bonchev–Trinajstić information content (AvgIpc) is 3.41. The zero-order valence-corrected chi connectivity index (χ0v) is 16.7. The highest BCUT2D eigenvalue weighted by atomic mass is 35.5. The lowest BCUT2D eigenvalue weighted by Gasteiger charge is -2.32. The van der Waals surface area contributed by atoms with Crippen LogP contribution in [0.5, 0.6) is 0 Å². The van der Waals surface area contributed by atoms with E-state index in [4.69, 9.17) is 26.3 Å². The smallest absolute Gasteiger partial charge is 0.186 e. The van der Waals surface area contributed by atoms with Crippen LogP contribution in [0.25, 0.3) is 11.0 Å². The van der Waals surface area contributed by atoms with Crippen LogP contribution in [0.4, 0.5) is 5.69 Å². The van der Waals surface area contributed by atoms with Crippen molar-refractivity contribution in [2.45, 2.75) is 44.6 Å². The number of imidazole rings is 1. The molecule has 1 aromatic carbocycles. The van der Waals surface area contributed by atoms with Gasteiger partial charge in [-0.3, -0.25) is 4.98 Å².